The van der Waals surface area contributed by atoms with Gasteiger partial charge in [0, 0.05) is 62.3 Å². The highest BCUT2D eigenvalue weighted by Crippen LogP contribution is 2.31. The van der Waals surface area contributed by atoms with Crippen LogP contribution >= 0.6 is 0 Å². The van der Waals surface area contributed by atoms with Crippen molar-refractivity contribution in [1.29, 1.82) is 5.26 Å². The molecule has 0 spiro atoms. The van der Waals surface area contributed by atoms with E-state index in [4.69, 9.17) is 4.98 Å². The maximum absolute atomic E-state index is 13.7. The first-order valence-corrected chi connectivity index (χ1v) is 15.3. The molecule has 1 atom stereocenters. The van der Waals surface area contributed by atoms with Gasteiger partial charge in [-0.15, -0.1) is 0 Å². The molecule has 3 N–H and O–H groups in total. The number of nitrogens with one attached hydrogen (secondary N) is 2. The van der Waals surface area contributed by atoms with E-state index in [1.807, 2.05) is 60.6 Å². The summed E-state index contributed by atoms with van der Waals surface area (Å²) < 4.78 is 1.75. The monoisotopic (exact) mass is 606 g/mol. The molecule has 1 saturated carbocycles. The van der Waals surface area contributed by atoms with Crippen LogP contribution < -0.4 is 20.4 Å². The Morgan fingerprint density at radius 3 is 2.53 bits per heavy atom. The molecule has 1 aromatic carbocycles. The number of nitriles is 1. The van der Waals surface area contributed by atoms with Crippen molar-refractivity contribution in [2.45, 2.75) is 63.3 Å². The van der Waals surface area contributed by atoms with Crippen LogP contribution in [-0.2, 0) is 13.6 Å². The maximum Gasteiger partial charge on any atom is 0.323 e. The number of anilines is 3. The normalized spacial score (nSPS) is 21.2. The molecule has 232 valence electrons. The smallest absolute Gasteiger partial charge is 0.323 e. The number of aromatic nitrogens is 5. The van der Waals surface area contributed by atoms with Gasteiger partial charge in [0.2, 0.25) is 5.95 Å². The van der Waals surface area contributed by atoms with Crippen LogP contribution in [0.3, 0.4) is 0 Å². The molecule has 0 radical (unpaired) electrons. The molecule has 4 aromatic rings. The fourth-order valence-corrected chi connectivity index (χ4v) is 6.13. The fraction of sp³-hybridized carbons (Fsp3) is 0.394. The zero-order chi connectivity index (χ0) is 31.4. The SMILES string of the molecule is Cn1cc(-c2ccc(N(C(=O)NCc3ccccc3)[C@H]3CC[C@H](Nc4ncc(C#N)c(N5CCC(C)(O)C5)n4)CC3)nc2)cn1. The molecule has 2 aliphatic rings. The summed E-state index contributed by atoms with van der Waals surface area (Å²) in [5.41, 5.74) is 2.51. The van der Waals surface area contributed by atoms with E-state index in [1.54, 1.807) is 35.1 Å². The molecule has 12 nitrogen and oxygen atoms in total. The number of aliphatic hydroxyl groups is 1. The number of urea groups is 1. The number of β-amino-alcohol motifs (C(OH)–C–C–N with tert-alkyl or cyclic N) is 1. The zero-order valence-electron chi connectivity index (χ0n) is 25.6. The third-order valence-electron chi connectivity index (χ3n) is 8.57. The molecule has 2 amide bonds. The summed E-state index contributed by atoms with van der Waals surface area (Å²) in [5, 5.41) is 30.9. The van der Waals surface area contributed by atoms with E-state index in [9.17, 15) is 15.2 Å². The second-order valence-corrected chi connectivity index (χ2v) is 12.2. The molecule has 1 aliphatic heterocycles. The number of carbonyl (C=O) groups is 1. The van der Waals surface area contributed by atoms with E-state index in [0.717, 1.165) is 42.4 Å². The number of rotatable bonds is 8. The van der Waals surface area contributed by atoms with Crippen LogP contribution in [-0.4, -0.2) is 66.6 Å². The average molecular weight is 607 g/mol. The molecule has 1 saturated heterocycles. The summed E-state index contributed by atoms with van der Waals surface area (Å²) in [5.74, 6) is 1.61. The molecular formula is C33H38N10O2. The molecule has 6 rings (SSSR count). The lowest BCUT2D eigenvalue weighted by atomic mass is 9.90. The van der Waals surface area contributed by atoms with Gasteiger partial charge in [0.05, 0.1) is 18.0 Å². The number of hydrogen-bond acceptors (Lipinski definition) is 9. The van der Waals surface area contributed by atoms with Gasteiger partial charge in [-0.05, 0) is 56.7 Å². The van der Waals surface area contributed by atoms with Crippen LogP contribution in [0.15, 0.2) is 67.3 Å². The minimum atomic E-state index is -0.809. The molecule has 1 unspecified atom stereocenters. The summed E-state index contributed by atoms with van der Waals surface area (Å²) in [7, 11) is 1.88. The van der Waals surface area contributed by atoms with Crippen LogP contribution in [0, 0.1) is 11.3 Å². The highest BCUT2D eigenvalue weighted by atomic mass is 16.3. The van der Waals surface area contributed by atoms with Gasteiger partial charge in [0.15, 0.2) is 5.82 Å². The predicted molar refractivity (Wildman–Crippen MR) is 171 cm³/mol. The lowest BCUT2D eigenvalue weighted by Crippen LogP contribution is -2.49. The predicted octanol–water partition coefficient (Wildman–Crippen LogP) is 4.24. The fourth-order valence-electron chi connectivity index (χ4n) is 6.13. The van der Waals surface area contributed by atoms with Crippen molar-refractivity contribution in [3.63, 3.8) is 0 Å². The Hall–Kier alpha value is -5.02. The van der Waals surface area contributed by atoms with E-state index < -0.39 is 5.60 Å². The molecule has 3 aromatic heterocycles. The van der Waals surface area contributed by atoms with Crippen molar-refractivity contribution in [3.8, 4) is 17.2 Å². The van der Waals surface area contributed by atoms with Gasteiger partial charge >= 0.3 is 6.03 Å². The number of carbonyl (C=O) groups excluding carboxylic acids is 1. The Balaban J connectivity index is 1.15. The van der Waals surface area contributed by atoms with Crippen LogP contribution in [0.1, 0.15) is 50.2 Å². The van der Waals surface area contributed by atoms with Gasteiger partial charge in [0.25, 0.3) is 0 Å². The molecule has 45 heavy (non-hydrogen) atoms. The summed E-state index contributed by atoms with van der Waals surface area (Å²) in [4.78, 5) is 31.2. The number of pyridine rings is 1. The van der Waals surface area contributed by atoms with Crippen molar-refractivity contribution in [3.05, 3.63) is 78.4 Å². The van der Waals surface area contributed by atoms with Gasteiger partial charge in [0.1, 0.15) is 17.5 Å². The number of hydrogen-bond donors (Lipinski definition) is 3. The number of amides is 2. The third kappa shape index (κ3) is 7.05. The first kappa shape index (κ1) is 30.0. The van der Waals surface area contributed by atoms with Gasteiger partial charge < -0.3 is 20.6 Å². The second-order valence-electron chi connectivity index (χ2n) is 12.2. The van der Waals surface area contributed by atoms with E-state index in [1.165, 1.54) is 0 Å². The number of benzene rings is 1. The van der Waals surface area contributed by atoms with Crippen LogP contribution in [0.4, 0.5) is 22.4 Å². The summed E-state index contributed by atoms with van der Waals surface area (Å²) in [6.07, 6.45) is 10.8. The minimum absolute atomic E-state index is 0.0418. The third-order valence-corrected chi connectivity index (χ3v) is 8.57. The Morgan fingerprint density at radius 1 is 1.09 bits per heavy atom. The average Bonchev–Trinajstić information content (AvgIpc) is 3.66. The van der Waals surface area contributed by atoms with Gasteiger partial charge in [-0.3, -0.25) is 9.58 Å². The standard InChI is InChI=1S/C33H38N10O2/c1-33(45)14-15-42(22-33)30-25(16-34)19-36-31(40-30)39-27-9-11-28(12-10-27)43(32(44)37-17-23-6-4-3-5-7-23)29-13-8-24(18-35-29)26-20-38-41(2)21-26/h3-8,13,18-21,27-28,45H,9-12,14-15,17,22H2,1-2H3,(H,37,44)(H,36,39,40)/t27-,28-,33?. The topological polar surface area (TPSA) is 148 Å². The summed E-state index contributed by atoms with van der Waals surface area (Å²) in [6.45, 7) is 3.27. The van der Waals surface area contributed by atoms with E-state index >= 15 is 0 Å². The van der Waals surface area contributed by atoms with Crippen LogP contribution in [0.2, 0.25) is 0 Å². The second kappa shape index (κ2) is 12.9. The Labute approximate surface area is 262 Å². The summed E-state index contributed by atoms with van der Waals surface area (Å²) >= 11 is 0. The van der Waals surface area contributed by atoms with E-state index in [-0.39, 0.29) is 18.1 Å². The van der Waals surface area contributed by atoms with Gasteiger partial charge in [-0.2, -0.15) is 15.3 Å². The van der Waals surface area contributed by atoms with Crippen molar-refractivity contribution < 1.29 is 9.90 Å². The Bertz CT molecular complexity index is 1660. The van der Waals surface area contributed by atoms with Crippen molar-refractivity contribution in [2.24, 2.45) is 7.05 Å². The molecule has 0 bridgehead atoms. The number of aryl methyl sites for hydroxylation is 1. The zero-order valence-corrected chi connectivity index (χ0v) is 25.6. The molecule has 12 heteroatoms. The highest BCUT2D eigenvalue weighted by Gasteiger charge is 2.34. The minimum Gasteiger partial charge on any atom is -0.388 e. The lowest BCUT2D eigenvalue weighted by molar-refractivity contribution is 0.0839. The molecule has 1 aliphatic carbocycles. The Kier molecular flexibility index (Phi) is 8.62. The van der Waals surface area contributed by atoms with E-state index in [2.05, 4.69) is 31.8 Å². The highest BCUT2D eigenvalue weighted by molar-refractivity contribution is 5.91. The maximum atomic E-state index is 13.7. The lowest BCUT2D eigenvalue weighted by Gasteiger charge is -2.36. The molecule has 4 heterocycles. The Morgan fingerprint density at radius 2 is 1.89 bits per heavy atom. The van der Waals surface area contributed by atoms with Gasteiger partial charge in [-0.1, -0.05) is 30.3 Å². The quantitative estimate of drug-likeness (QED) is 0.268. The first-order valence-electron chi connectivity index (χ1n) is 15.3. The van der Waals surface area contributed by atoms with Crippen molar-refractivity contribution in [2.75, 3.05) is 28.2 Å². The van der Waals surface area contributed by atoms with Crippen molar-refractivity contribution >= 4 is 23.6 Å². The van der Waals surface area contributed by atoms with Gasteiger partial charge in [-0.25, -0.2) is 14.8 Å². The van der Waals surface area contributed by atoms with Crippen LogP contribution in [0.5, 0.6) is 0 Å². The summed E-state index contributed by atoms with van der Waals surface area (Å²) in [6, 6.07) is 15.8. The number of nitrogens with zero attached hydrogens (tertiary/aromatic N) is 8. The molecular weight excluding hydrogens is 568 g/mol. The van der Waals surface area contributed by atoms with E-state index in [0.29, 0.717) is 49.2 Å². The molecule has 2 fully saturated rings. The first-order chi connectivity index (χ1) is 21.8. The largest absolute Gasteiger partial charge is 0.388 e. The van der Waals surface area contributed by atoms with Crippen molar-refractivity contribution in [1.82, 2.24) is 30.0 Å². The van der Waals surface area contributed by atoms with Crippen LogP contribution in [0.25, 0.3) is 11.1 Å².